The minimum absolute atomic E-state index is 0.104. The molecule has 1 aliphatic carbocycles. The number of rotatable bonds is 3. The molecule has 3 atom stereocenters. The third-order valence-electron chi connectivity index (χ3n) is 4.06. The second-order valence-corrected chi connectivity index (χ2v) is 5.46. The molecule has 1 saturated carbocycles. The molecule has 1 aliphatic rings. The van der Waals surface area contributed by atoms with E-state index >= 15 is 0 Å². The minimum Gasteiger partial charge on any atom is -0.391 e. The summed E-state index contributed by atoms with van der Waals surface area (Å²) in [5.74, 6) is 0. The summed E-state index contributed by atoms with van der Waals surface area (Å²) in [7, 11) is 2.14. The van der Waals surface area contributed by atoms with Crippen LogP contribution in [0.4, 0.5) is 0 Å². The van der Waals surface area contributed by atoms with E-state index in [0.717, 1.165) is 19.3 Å². The largest absolute Gasteiger partial charge is 0.391 e. The second-order valence-electron chi connectivity index (χ2n) is 5.46. The van der Waals surface area contributed by atoms with Gasteiger partial charge in [-0.1, -0.05) is 20.8 Å². The highest BCUT2D eigenvalue weighted by atomic mass is 16.3. The molecule has 2 heteroatoms. The molecule has 0 aromatic rings. The Kier molecular flexibility index (Phi) is 3.59. The lowest BCUT2D eigenvalue weighted by Gasteiger charge is -2.35. The number of hydrogen-bond acceptors (Lipinski definition) is 2. The zero-order chi connectivity index (χ0) is 10.9. The van der Waals surface area contributed by atoms with Crippen LogP contribution in [0.1, 0.15) is 47.0 Å². The van der Waals surface area contributed by atoms with Gasteiger partial charge in [-0.15, -0.1) is 0 Å². The average molecular weight is 199 g/mol. The Hall–Kier alpha value is -0.0800. The van der Waals surface area contributed by atoms with E-state index in [2.05, 4.69) is 39.6 Å². The van der Waals surface area contributed by atoms with Crippen molar-refractivity contribution in [1.29, 1.82) is 0 Å². The molecule has 0 spiro atoms. The van der Waals surface area contributed by atoms with Gasteiger partial charge in [0.1, 0.15) is 0 Å². The van der Waals surface area contributed by atoms with Crippen LogP contribution in [0.15, 0.2) is 0 Å². The molecule has 0 radical (unpaired) electrons. The highest BCUT2D eigenvalue weighted by molar-refractivity contribution is 4.96. The molecule has 0 aliphatic heterocycles. The van der Waals surface area contributed by atoms with E-state index in [0.29, 0.717) is 12.1 Å². The Morgan fingerprint density at radius 2 is 2.07 bits per heavy atom. The minimum atomic E-state index is -0.165. The Morgan fingerprint density at radius 1 is 1.50 bits per heavy atom. The summed E-state index contributed by atoms with van der Waals surface area (Å²) in [4.78, 5) is 2.35. The van der Waals surface area contributed by atoms with E-state index in [4.69, 9.17) is 0 Å². The van der Waals surface area contributed by atoms with E-state index in [1.54, 1.807) is 0 Å². The summed E-state index contributed by atoms with van der Waals surface area (Å²) in [6, 6.07) is 0.934. The summed E-state index contributed by atoms with van der Waals surface area (Å²) in [6.07, 6.45) is 3.26. The predicted molar refractivity (Wildman–Crippen MR) is 60.3 cm³/mol. The number of likely N-dealkylation sites (N-methyl/N-ethyl adjacent to an activating group) is 1. The summed E-state index contributed by atoms with van der Waals surface area (Å²) in [6.45, 7) is 8.77. The summed E-state index contributed by atoms with van der Waals surface area (Å²) in [5.41, 5.74) is 0.104. The zero-order valence-electron chi connectivity index (χ0n) is 10.2. The quantitative estimate of drug-likeness (QED) is 0.753. The van der Waals surface area contributed by atoms with Gasteiger partial charge < -0.3 is 5.11 Å². The van der Waals surface area contributed by atoms with Crippen LogP contribution >= 0.6 is 0 Å². The van der Waals surface area contributed by atoms with Crippen molar-refractivity contribution in [2.45, 2.75) is 65.1 Å². The molecule has 84 valence electrons. The van der Waals surface area contributed by atoms with Gasteiger partial charge in [-0.05, 0) is 38.6 Å². The van der Waals surface area contributed by atoms with Gasteiger partial charge >= 0.3 is 0 Å². The van der Waals surface area contributed by atoms with Crippen molar-refractivity contribution in [3.8, 4) is 0 Å². The second kappa shape index (κ2) is 4.19. The lowest BCUT2D eigenvalue weighted by atomic mass is 9.88. The molecule has 1 N–H and O–H groups in total. The van der Waals surface area contributed by atoms with E-state index in [-0.39, 0.29) is 11.5 Å². The standard InChI is InChI=1S/C12H25NO/c1-6-9(2)13(5)10-7-8-12(3,4)11(10)14/h9-11,14H,6-8H2,1-5H3. The fourth-order valence-corrected chi connectivity index (χ4v) is 2.39. The highest BCUT2D eigenvalue weighted by Crippen LogP contribution is 2.39. The van der Waals surface area contributed by atoms with Gasteiger partial charge in [0, 0.05) is 12.1 Å². The van der Waals surface area contributed by atoms with Crippen molar-refractivity contribution >= 4 is 0 Å². The maximum atomic E-state index is 10.2. The Balaban J connectivity index is 2.63. The Labute approximate surface area is 88.3 Å². The van der Waals surface area contributed by atoms with Crippen LogP contribution in [-0.4, -0.2) is 35.2 Å². The third-order valence-corrected chi connectivity index (χ3v) is 4.06. The van der Waals surface area contributed by atoms with Crippen molar-refractivity contribution in [2.24, 2.45) is 5.41 Å². The molecule has 2 nitrogen and oxygen atoms in total. The number of nitrogens with zero attached hydrogens (tertiary/aromatic N) is 1. The first-order valence-corrected chi connectivity index (χ1v) is 5.80. The number of aliphatic hydroxyl groups is 1. The molecule has 0 bridgehead atoms. The normalized spacial score (nSPS) is 33.6. The monoisotopic (exact) mass is 199 g/mol. The first-order valence-electron chi connectivity index (χ1n) is 5.80. The van der Waals surface area contributed by atoms with Gasteiger partial charge in [0.15, 0.2) is 0 Å². The van der Waals surface area contributed by atoms with Crippen LogP contribution in [0.25, 0.3) is 0 Å². The van der Waals surface area contributed by atoms with Crippen LogP contribution in [0, 0.1) is 5.41 Å². The molecule has 0 amide bonds. The van der Waals surface area contributed by atoms with Gasteiger partial charge in [-0.25, -0.2) is 0 Å². The maximum absolute atomic E-state index is 10.2. The molecule has 0 saturated heterocycles. The molecular formula is C12H25NO. The first-order chi connectivity index (χ1) is 6.40. The van der Waals surface area contributed by atoms with Crippen molar-refractivity contribution in [3.05, 3.63) is 0 Å². The van der Waals surface area contributed by atoms with Crippen LogP contribution in [0.2, 0.25) is 0 Å². The highest BCUT2D eigenvalue weighted by Gasteiger charge is 2.43. The van der Waals surface area contributed by atoms with E-state index < -0.39 is 0 Å². The number of hydrogen-bond donors (Lipinski definition) is 1. The molecule has 1 rings (SSSR count). The third kappa shape index (κ3) is 2.12. The van der Waals surface area contributed by atoms with Crippen molar-refractivity contribution in [3.63, 3.8) is 0 Å². The summed E-state index contributed by atoms with van der Waals surface area (Å²) < 4.78 is 0. The van der Waals surface area contributed by atoms with Crippen molar-refractivity contribution < 1.29 is 5.11 Å². The molecule has 14 heavy (non-hydrogen) atoms. The topological polar surface area (TPSA) is 23.5 Å². The smallest absolute Gasteiger partial charge is 0.0746 e. The molecule has 0 aromatic heterocycles. The maximum Gasteiger partial charge on any atom is 0.0746 e. The SMILES string of the molecule is CCC(C)N(C)C1CCC(C)(C)C1O. The molecular weight excluding hydrogens is 174 g/mol. The van der Waals surface area contributed by atoms with E-state index in [1.807, 2.05) is 0 Å². The van der Waals surface area contributed by atoms with Gasteiger partial charge in [0.2, 0.25) is 0 Å². The molecule has 3 unspecified atom stereocenters. The zero-order valence-corrected chi connectivity index (χ0v) is 10.2. The fourth-order valence-electron chi connectivity index (χ4n) is 2.39. The lowest BCUT2D eigenvalue weighted by molar-refractivity contribution is 0.0114. The lowest BCUT2D eigenvalue weighted by Crippen LogP contribution is -2.45. The Morgan fingerprint density at radius 3 is 2.43 bits per heavy atom. The van der Waals surface area contributed by atoms with Crippen LogP contribution in [0.5, 0.6) is 0 Å². The van der Waals surface area contributed by atoms with Gasteiger partial charge in [0.05, 0.1) is 6.10 Å². The van der Waals surface area contributed by atoms with Crippen LogP contribution < -0.4 is 0 Å². The first kappa shape index (κ1) is 12.0. The van der Waals surface area contributed by atoms with Gasteiger partial charge in [-0.2, -0.15) is 0 Å². The fraction of sp³-hybridized carbons (Fsp3) is 1.00. The van der Waals surface area contributed by atoms with Gasteiger partial charge in [0.25, 0.3) is 0 Å². The van der Waals surface area contributed by atoms with Crippen LogP contribution in [-0.2, 0) is 0 Å². The van der Waals surface area contributed by atoms with Crippen LogP contribution in [0.3, 0.4) is 0 Å². The molecule has 1 fully saturated rings. The molecule has 0 aromatic carbocycles. The van der Waals surface area contributed by atoms with Crippen molar-refractivity contribution in [2.75, 3.05) is 7.05 Å². The Bertz CT molecular complexity index is 191. The van der Waals surface area contributed by atoms with Crippen molar-refractivity contribution in [1.82, 2.24) is 4.90 Å². The number of aliphatic hydroxyl groups excluding tert-OH is 1. The predicted octanol–water partition coefficient (Wildman–Crippen LogP) is 2.27. The summed E-state index contributed by atoms with van der Waals surface area (Å²) >= 11 is 0. The average Bonchev–Trinajstić information content (AvgIpc) is 2.40. The summed E-state index contributed by atoms with van der Waals surface area (Å²) in [5, 5.41) is 10.2. The van der Waals surface area contributed by atoms with Gasteiger partial charge in [-0.3, -0.25) is 4.90 Å². The van der Waals surface area contributed by atoms with E-state index in [1.165, 1.54) is 0 Å². The van der Waals surface area contributed by atoms with E-state index in [9.17, 15) is 5.11 Å². The molecule has 0 heterocycles.